The number of carboxylic acids is 2. The summed E-state index contributed by atoms with van der Waals surface area (Å²) in [6.45, 7) is 19.4. The zero-order valence-corrected chi connectivity index (χ0v) is 68.8. The van der Waals surface area contributed by atoms with E-state index >= 15 is 0 Å². The number of carboxylic acid groups (broad SMARTS) is 2. The number of hydrogen-bond donors (Lipinski definition) is 13. The fourth-order valence-corrected chi connectivity index (χ4v) is 12.6. The van der Waals surface area contributed by atoms with Gasteiger partial charge in [-0.1, -0.05) is 12.8 Å². The molecule has 0 bridgehead atoms. The molecule has 117 heavy (non-hydrogen) atoms. The molecular weight excluding hydrogens is 1510 g/mol. The Hall–Kier alpha value is -11.1. The molecule has 1 saturated heterocycles. The highest BCUT2D eigenvalue weighted by atomic mass is 16.6. The van der Waals surface area contributed by atoms with E-state index in [4.69, 9.17) is 14.2 Å². The molecule has 642 valence electrons. The van der Waals surface area contributed by atoms with Crippen LogP contribution in [0.2, 0.25) is 0 Å². The molecule has 6 aromatic rings. The third kappa shape index (κ3) is 35.5. The van der Waals surface area contributed by atoms with Crippen LogP contribution in [0.4, 0.5) is 11.9 Å². The molecule has 38 nitrogen and oxygen atoms in total. The molecule has 5 heterocycles. The summed E-state index contributed by atoms with van der Waals surface area (Å²) >= 11 is 0. The number of ether oxygens (including phenoxy) is 3. The topological polar surface area (TPSA) is 487 Å². The Bertz CT molecular complexity index is 4180. The number of carbonyl (C=O) groups is 12. The van der Waals surface area contributed by atoms with E-state index in [1.165, 1.54) is 0 Å². The van der Waals surface area contributed by atoms with Gasteiger partial charge >= 0.3 is 29.8 Å². The Morgan fingerprint density at radius 1 is 0.436 bits per heavy atom. The summed E-state index contributed by atoms with van der Waals surface area (Å²) in [5, 5.41) is 55.3. The van der Waals surface area contributed by atoms with Crippen molar-refractivity contribution in [1.82, 2.24) is 96.3 Å². The first-order chi connectivity index (χ1) is 55.6. The maximum atomic E-state index is 14.4. The number of aryl methyl sites for hydroxylation is 2. The third-order valence-electron chi connectivity index (χ3n) is 18.4. The lowest BCUT2D eigenvalue weighted by atomic mass is 10.1. The van der Waals surface area contributed by atoms with Crippen LogP contribution in [-0.4, -0.2) is 293 Å². The summed E-state index contributed by atoms with van der Waals surface area (Å²) in [6.07, 6.45) is 13.3. The zero-order chi connectivity index (χ0) is 85.1. The minimum atomic E-state index is -1.44. The monoisotopic (exact) mass is 1630 g/mol. The van der Waals surface area contributed by atoms with E-state index < -0.39 is 113 Å². The number of amides is 7. The van der Waals surface area contributed by atoms with Crippen molar-refractivity contribution in [3.63, 3.8) is 0 Å². The molecule has 1 aliphatic rings. The molecule has 1 unspecified atom stereocenters. The second kappa shape index (κ2) is 46.6. The largest absolute Gasteiger partial charge is 0.480 e. The first-order valence-corrected chi connectivity index (χ1v) is 40.0. The molecule has 4 aromatic heterocycles. The van der Waals surface area contributed by atoms with Crippen molar-refractivity contribution in [1.29, 1.82) is 0 Å². The Morgan fingerprint density at radius 3 is 1.20 bits per heavy atom. The lowest BCUT2D eigenvalue weighted by Crippen LogP contribution is -2.52. The average Bonchev–Trinajstić information content (AvgIpc) is 1.68. The highest BCUT2D eigenvalue weighted by molar-refractivity contribution is 5.99. The van der Waals surface area contributed by atoms with Crippen molar-refractivity contribution >= 4 is 105 Å². The van der Waals surface area contributed by atoms with Crippen LogP contribution in [0.3, 0.4) is 0 Å². The van der Waals surface area contributed by atoms with E-state index in [1.807, 2.05) is 29.0 Å². The van der Waals surface area contributed by atoms with Gasteiger partial charge in [0.15, 0.2) is 11.9 Å². The minimum Gasteiger partial charge on any atom is -0.480 e. The van der Waals surface area contributed by atoms with Gasteiger partial charge in [-0.3, -0.25) is 76.9 Å². The highest BCUT2D eigenvalue weighted by Gasteiger charge is 2.30. The van der Waals surface area contributed by atoms with Crippen molar-refractivity contribution in [2.45, 2.75) is 187 Å². The van der Waals surface area contributed by atoms with Crippen LogP contribution in [-0.2, 0) is 75.2 Å². The molecule has 7 rings (SSSR count). The van der Waals surface area contributed by atoms with Gasteiger partial charge in [-0.25, -0.2) is 19.6 Å². The number of hydrogen-bond acceptors (Lipinski definition) is 25. The number of imidazole rings is 2. The highest BCUT2D eigenvalue weighted by Crippen LogP contribution is 2.20. The molecule has 3 atom stereocenters. The number of aromatic nitrogens is 8. The molecular formula is C79H119N21O17. The van der Waals surface area contributed by atoms with Crippen LogP contribution in [0.15, 0.2) is 73.6 Å². The number of nitrogens with zero attached hydrogens (tertiary/aromatic N) is 10. The van der Waals surface area contributed by atoms with Gasteiger partial charge in [0.25, 0.3) is 11.8 Å². The molecule has 0 radical (unpaired) electrons. The van der Waals surface area contributed by atoms with Crippen molar-refractivity contribution in [2.24, 2.45) is 0 Å². The molecule has 2 aromatic carbocycles. The lowest BCUT2D eigenvalue weighted by Gasteiger charge is -2.34. The van der Waals surface area contributed by atoms with Gasteiger partial charge in [0.2, 0.25) is 29.5 Å². The first-order valence-electron chi connectivity index (χ1n) is 40.0. The van der Waals surface area contributed by atoms with Crippen molar-refractivity contribution in [3.05, 3.63) is 84.7 Å². The Kier molecular flexibility index (Phi) is 37.0. The standard InChI is InChI=1S/C79H119N21O17/c1-77(2,3)115-67(105)51-96-38-36-95(37-39-97(52-68(106)116-78(4,5)6)41-43-98(42-40-96)53-69(107)117-79(7,8)9)50-66(104)92-58(72(110)81-27-15-11-13-19-65(103)94-60(74(113)114)49-89-71(109)55-21-24-62-57(45-55)47-91-100(62)35-17-29-83-76-86-32-33-87-76)22-25-63(101)80-26-14-10-12-18-64(102)93-59(73(111)112)48-88-70(108)54-20-23-61-56(44-54)46-90-99(61)34-16-28-82-75-84-30-31-85-75/h20-21,23-24,30-33,44-47,58-60H,10-19,22,25-29,34-43,48-53H2,1-9H3,(H,80,101)(H,81,110)(H,88,108)(H,89,109)(H,92,104)(H,93,102)(H,94,103)(H,111,112)(H,113,114)(H2,82,84,85)(H2,83,86,87)/t58?,59-,60+/m1/s1. The van der Waals surface area contributed by atoms with Crippen LogP contribution in [0, 0.1) is 0 Å². The van der Waals surface area contributed by atoms with Crippen LogP contribution in [0.5, 0.6) is 0 Å². The molecule has 7 amide bonds. The Morgan fingerprint density at radius 2 is 0.821 bits per heavy atom. The van der Waals surface area contributed by atoms with E-state index in [2.05, 4.69) is 78.0 Å². The number of aliphatic carboxylic acids is 2. The number of nitrogens with one attached hydrogen (secondary N) is 11. The summed E-state index contributed by atoms with van der Waals surface area (Å²) in [5.74, 6) is -6.63. The van der Waals surface area contributed by atoms with Gasteiger partial charge in [0, 0.05) is 171 Å². The summed E-state index contributed by atoms with van der Waals surface area (Å²) in [4.78, 5) is 181. The van der Waals surface area contributed by atoms with Gasteiger partial charge in [0.05, 0.1) is 49.6 Å². The smallest absolute Gasteiger partial charge is 0.328 e. The normalized spacial score (nSPS) is 14.5. The second-order valence-electron chi connectivity index (χ2n) is 31.8. The van der Waals surface area contributed by atoms with E-state index in [0.717, 1.165) is 23.9 Å². The van der Waals surface area contributed by atoms with Gasteiger partial charge in [-0.2, -0.15) is 10.2 Å². The Balaban J connectivity index is 0.917. The number of esters is 3. The van der Waals surface area contributed by atoms with E-state index in [0.29, 0.717) is 114 Å². The maximum absolute atomic E-state index is 14.4. The molecule has 1 aliphatic heterocycles. The average molecular weight is 1630 g/mol. The van der Waals surface area contributed by atoms with Gasteiger partial charge in [-0.15, -0.1) is 0 Å². The number of rotatable bonds is 45. The summed E-state index contributed by atoms with van der Waals surface area (Å²) < 4.78 is 20.8. The molecule has 0 saturated carbocycles. The minimum absolute atomic E-state index is 0.0437. The lowest BCUT2D eigenvalue weighted by molar-refractivity contribution is -0.158. The van der Waals surface area contributed by atoms with E-state index in [9.17, 15) is 67.7 Å². The number of carbonyl (C=O) groups excluding carboxylic acids is 10. The van der Waals surface area contributed by atoms with Gasteiger partial charge in [-0.05, 0) is 144 Å². The van der Waals surface area contributed by atoms with Crippen LogP contribution in [0.25, 0.3) is 21.8 Å². The van der Waals surface area contributed by atoms with E-state index in [-0.39, 0.29) is 109 Å². The molecule has 13 N–H and O–H groups in total. The fourth-order valence-electron chi connectivity index (χ4n) is 12.6. The van der Waals surface area contributed by atoms with Crippen molar-refractivity contribution in [2.75, 3.05) is 128 Å². The fraction of sp³-hybridized carbons (Fsp3) is 0.595. The van der Waals surface area contributed by atoms with Crippen LogP contribution < -0.4 is 47.9 Å². The third-order valence-corrected chi connectivity index (χ3v) is 18.4. The maximum Gasteiger partial charge on any atom is 0.328 e. The summed E-state index contributed by atoms with van der Waals surface area (Å²) in [5.41, 5.74) is -0.159. The molecule has 0 aliphatic carbocycles. The number of aromatic amines is 2. The Labute approximate surface area is 680 Å². The van der Waals surface area contributed by atoms with Gasteiger partial charge in [0.1, 0.15) is 34.9 Å². The van der Waals surface area contributed by atoms with Crippen molar-refractivity contribution in [3.8, 4) is 0 Å². The molecule has 0 spiro atoms. The SMILES string of the molecule is CC(C)(C)OC(=O)CN1CCN(CC(=O)NC(CCC(=O)NCCCCCC(=O)N[C@H](CNC(=O)c2ccc3c(cnn3CCCNc3ncc[nH]3)c2)C(=O)O)C(=O)NCCCCCC(=O)N[C@@H](CNC(=O)c2ccc3c(cnn3CCCNc3ncc[nH]3)c2)C(=O)O)CCN(CC(=O)OC(C)(C)C)CCN(CC(=O)OC(C)(C)C)CC1. The van der Waals surface area contributed by atoms with Gasteiger partial charge < -0.3 is 82.2 Å². The van der Waals surface area contributed by atoms with E-state index in [1.54, 1.807) is 136 Å². The predicted molar refractivity (Wildman–Crippen MR) is 434 cm³/mol. The second-order valence-corrected chi connectivity index (χ2v) is 31.8. The molecule has 38 heteroatoms. The van der Waals surface area contributed by atoms with Crippen LogP contribution >= 0.6 is 0 Å². The number of fused-ring (bicyclic) bond motifs is 2. The molecule has 1 fully saturated rings. The predicted octanol–water partition coefficient (Wildman–Crippen LogP) is 3.00. The number of unbranched alkanes of at least 4 members (excludes halogenated alkanes) is 4. The van der Waals surface area contributed by atoms with Crippen molar-refractivity contribution < 1.29 is 82.0 Å². The number of benzene rings is 2. The zero-order valence-electron chi connectivity index (χ0n) is 68.8. The quantitative estimate of drug-likeness (QED) is 0.0148. The van der Waals surface area contributed by atoms with Crippen LogP contribution in [0.1, 0.15) is 160 Å². The summed E-state index contributed by atoms with van der Waals surface area (Å²) in [6, 6.07) is 5.95. The first kappa shape index (κ1) is 93.0. The number of H-pyrrole nitrogens is 2. The summed E-state index contributed by atoms with van der Waals surface area (Å²) in [7, 11) is 0. The number of anilines is 2.